The van der Waals surface area contributed by atoms with Crippen LogP contribution in [0.1, 0.15) is 71.6 Å². The van der Waals surface area contributed by atoms with Crippen molar-refractivity contribution in [2.45, 2.75) is 77.7 Å². The van der Waals surface area contributed by atoms with Gasteiger partial charge in [0.2, 0.25) is 0 Å². The molecule has 0 aliphatic heterocycles. The molecule has 1 aliphatic carbocycles. The summed E-state index contributed by atoms with van der Waals surface area (Å²) in [6.07, 6.45) is 12.2. The molecule has 2 atom stereocenters. The minimum Gasteiger partial charge on any atom is -0.380 e. The van der Waals surface area contributed by atoms with Crippen molar-refractivity contribution in [3.8, 4) is 0 Å². The molecule has 2 unspecified atom stereocenters. The molecule has 18 heavy (non-hydrogen) atoms. The molecule has 0 heterocycles. The highest BCUT2D eigenvalue weighted by Crippen LogP contribution is 2.23. The topological polar surface area (TPSA) is 21.3 Å². The molecule has 2 nitrogen and oxygen atoms in total. The van der Waals surface area contributed by atoms with Crippen LogP contribution < -0.4 is 5.32 Å². The van der Waals surface area contributed by atoms with Crippen molar-refractivity contribution < 1.29 is 4.74 Å². The summed E-state index contributed by atoms with van der Waals surface area (Å²) < 4.78 is 5.68. The van der Waals surface area contributed by atoms with Crippen molar-refractivity contribution >= 4 is 0 Å². The van der Waals surface area contributed by atoms with Crippen LogP contribution in [0.5, 0.6) is 0 Å². The number of ether oxygens (including phenoxy) is 1. The molecular formula is C16H33NO. The van der Waals surface area contributed by atoms with Crippen LogP contribution >= 0.6 is 0 Å². The smallest absolute Gasteiger partial charge is 0.0591 e. The van der Waals surface area contributed by atoms with Crippen LogP contribution in [0, 0.1) is 5.92 Å². The van der Waals surface area contributed by atoms with Gasteiger partial charge in [0.05, 0.1) is 6.61 Å². The third-order valence-corrected chi connectivity index (χ3v) is 4.16. The summed E-state index contributed by atoms with van der Waals surface area (Å²) in [6, 6.07) is 0.743. The zero-order valence-corrected chi connectivity index (χ0v) is 12.5. The van der Waals surface area contributed by atoms with E-state index < -0.39 is 0 Å². The summed E-state index contributed by atoms with van der Waals surface area (Å²) in [7, 11) is 0. The van der Waals surface area contributed by atoms with Crippen LogP contribution in [-0.4, -0.2) is 25.8 Å². The number of nitrogens with one attached hydrogen (secondary N) is 1. The van der Waals surface area contributed by atoms with E-state index in [4.69, 9.17) is 4.74 Å². The molecule has 1 N–H and O–H groups in total. The van der Waals surface area contributed by atoms with Crippen LogP contribution in [-0.2, 0) is 4.74 Å². The van der Waals surface area contributed by atoms with Crippen molar-refractivity contribution in [3.05, 3.63) is 0 Å². The molecule has 0 radical (unpaired) electrons. The lowest BCUT2D eigenvalue weighted by Crippen LogP contribution is -2.38. The van der Waals surface area contributed by atoms with Gasteiger partial charge in [0.15, 0.2) is 0 Å². The average molecular weight is 255 g/mol. The van der Waals surface area contributed by atoms with Crippen molar-refractivity contribution in [2.24, 2.45) is 5.92 Å². The van der Waals surface area contributed by atoms with Gasteiger partial charge >= 0.3 is 0 Å². The largest absolute Gasteiger partial charge is 0.380 e. The fraction of sp³-hybridized carbons (Fsp3) is 1.00. The lowest BCUT2D eigenvalue weighted by Gasteiger charge is -2.29. The zero-order valence-electron chi connectivity index (χ0n) is 12.5. The second kappa shape index (κ2) is 10.8. The van der Waals surface area contributed by atoms with Crippen molar-refractivity contribution in [3.63, 3.8) is 0 Å². The zero-order chi connectivity index (χ0) is 13.1. The molecular weight excluding hydrogens is 222 g/mol. The number of unbranched alkanes of at least 4 members (excludes halogenated alkanes) is 4. The molecule has 0 aromatic rings. The first-order valence-corrected chi connectivity index (χ1v) is 8.15. The lowest BCUT2D eigenvalue weighted by molar-refractivity contribution is 0.125. The third kappa shape index (κ3) is 7.38. The van der Waals surface area contributed by atoms with Crippen LogP contribution in [0.4, 0.5) is 0 Å². The van der Waals surface area contributed by atoms with Gasteiger partial charge in [0, 0.05) is 19.2 Å². The van der Waals surface area contributed by atoms with Crippen molar-refractivity contribution in [1.82, 2.24) is 5.32 Å². The number of hydrogen-bond acceptors (Lipinski definition) is 2. The van der Waals surface area contributed by atoms with Crippen LogP contribution in [0.15, 0.2) is 0 Å². The predicted molar refractivity (Wildman–Crippen MR) is 79.0 cm³/mol. The minimum atomic E-state index is 0.743. The molecule has 0 spiro atoms. The molecule has 0 aromatic carbocycles. The maximum absolute atomic E-state index is 5.68. The Balaban J connectivity index is 1.83. The Labute approximate surface area is 114 Å². The van der Waals surface area contributed by atoms with E-state index in [9.17, 15) is 0 Å². The highest BCUT2D eigenvalue weighted by atomic mass is 16.5. The quantitative estimate of drug-likeness (QED) is 0.592. The number of hydrogen-bond donors (Lipinski definition) is 1. The molecule has 1 rings (SSSR count). The van der Waals surface area contributed by atoms with Crippen LogP contribution in [0.25, 0.3) is 0 Å². The summed E-state index contributed by atoms with van der Waals surface area (Å²) in [5, 5.41) is 3.66. The lowest BCUT2D eigenvalue weighted by atomic mass is 9.86. The van der Waals surface area contributed by atoms with Gasteiger partial charge in [-0.15, -0.1) is 0 Å². The first-order chi connectivity index (χ1) is 8.84. The molecule has 0 saturated heterocycles. The van der Waals surface area contributed by atoms with Gasteiger partial charge < -0.3 is 10.1 Å². The minimum absolute atomic E-state index is 0.743. The highest BCUT2D eigenvalue weighted by molar-refractivity contribution is 4.77. The van der Waals surface area contributed by atoms with E-state index in [0.717, 1.165) is 31.7 Å². The van der Waals surface area contributed by atoms with Gasteiger partial charge in [-0.1, -0.05) is 52.4 Å². The summed E-state index contributed by atoms with van der Waals surface area (Å²) in [6.45, 7) is 7.51. The summed E-state index contributed by atoms with van der Waals surface area (Å²) >= 11 is 0. The van der Waals surface area contributed by atoms with Gasteiger partial charge in [-0.05, 0) is 25.2 Å². The van der Waals surface area contributed by atoms with Gasteiger partial charge in [-0.2, -0.15) is 0 Å². The van der Waals surface area contributed by atoms with E-state index in [1.807, 2.05) is 0 Å². The Bertz CT molecular complexity index is 184. The normalized spacial score (nSPS) is 24.3. The fourth-order valence-electron chi connectivity index (χ4n) is 2.85. The van der Waals surface area contributed by atoms with Crippen LogP contribution in [0.2, 0.25) is 0 Å². The fourth-order valence-corrected chi connectivity index (χ4v) is 2.85. The molecule has 108 valence electrons. The van der Waals surface area contributed by atoms with Crippen molar-refractivity contribution in [1.29, 1.82) is 0 Å². The van der Waals surface area contributed by atoms with E-state index >= 15 is 0 Å². The molecule has 0 aromatic heterocycles. The van der Waals surface area contributed by atoms with Gasteiger partial charge in [-0.3, -0.25) is 0 Å². The molecule has 1 saturated carbocycles. The van der Waals surface area contributed by atoms with Crippen LogP contribution in [0.3, 0.4) is 0 Å². The maximum Gasteiger partial charge on any atom is 0.0591 e. The standard InChI is InChI=1S/C16H33NO/c1-3-4-5-6-9-13-18-14-12-17-16-11-8-7-10-15(16)2/h15-17H,3-14H2,1-2H3. The second-order valence-electron chi connectivity index (χ2n) is 5.85. The Morgan fingerprint density at radius 2 is 1.78 bits per heavy atom. The van der Waals surface area contributed by atoms with E-state index in [1.165, 1.54) is 57.8 Å². The maximum atomic E-state index is 5.68. The average Bonchev–Trinajstić information content (AvgIpc) is 2.39. The summed E-state index contributed by atoms with van der Waals surface area (Å²) in [5.74, 6) is 0.854. The third-order valence-electron chi connectivity index (χ3n) is 4.16. The predicted octanol–water partition coefficient (Wildman–Crippen LogP) is 4.14. The van der Waals surface area contributed by atoms with E-state index in [1.54, 1.807) is 0 Å². The molecule has 1 fully saturated rings. The van der Waals surface area contributed by atoms with E-state index in [-0.39, 0.29) is 0 Å². The Hall–Kier alpha value is -0.0800. The molecule has 0 amide bonds. The number of rotatable bonds is 10. The summed E-state index contributed by atoms with van der Waals surface area (Å²) in [5.41, 5.74) is 0. The van der Waals surface area contributed by atoms with E-state index in [2.05, 4.69) is 19.2 Å². The molecule has 1 aliphatic rings. The SMILES string of the molecule is CCCCCCCOCCNC1CCCCC1C. The monoisotopic (exact) mass is 255 g/mol. The summed E-state index contributed by atoms with van der Waals surface area (Å²) in [4.78, 5) is 0. The first-order valence-electron chi connectivity index (χ1n) is 8.15. The highest BCUT2D eigenvalue weighted by Gasteiger charge is 2.19. The van der Waals surface area contributed by atoms with E-state index in [0.29, 0.717) is 0 Å². The molecule has 0 bridgehead atoms. The Morgan fingerprint density at radius 3 is 2.56 bits per heavy atom. The second-order valence-corrected chi connectivity index (χ2v) is 5.85. The van der Waals surface area contributed by atoms with Crippen molar-refractivity contribution in [2.75, 3.05) is 19.8 Å². The first kappa shape index (κ1) is 16.0. The van der Waals surface area contributed by atoms with Gasteiger partial charge in [-0.25, -0.2) is 0 Å². The Morgan fingerprint density at radius 1 is 1.00 bits per heavy atom. The van der Waals surface area contributed by atoms with Gasteiger partial charge in [0.25, 0.3) is 0 Å². The van der Waals surface area contributed by atoms with Gasteiger partial charge in [0.1, 0.15) is 0 Å². The molecule has 2 heteroatoms. The Kier molecular flexibility index (Phi) is 9.59.